The van der Waals surface area contributed by atoms with Gasteiger partial charge in [-0.2, -0.15) is 0 Å². The predicted molar refractivity (Wildman–Crippen MR) is 261 cm³/mol. The maximum atomic E-state index is 12.8. The smallest absolute Gasteiger partial charge is 0.306 e. The minimum absolute atomic E-state index is 0.0820. The maximum absolute atomic E-state index is 12.8. The van der Waals surface area contributed by atoms with Crippen LogP contribution >= 0.6 is 0 Å². The number of carbonyl (C=O) groups is 3. The van der Waals surface area contributed by atoms with Crippen LogP contribution in [0.25, 0.3) is 0 Å². The molecule has 0 heterocycles. The molecule has 1 atom stereocenters. The predicted octanol–water partition coefficient (Wildman–Crippen LogP) is 16.9. The van der Waals surface area contributed by atoms with Crippen molar-refractivity contribution in [2.75, 3.05) is 13.2 Å². The number of ether oxygens (including phenoxy) is 3. The van der Waals surface area contributed by atoms with E-state index < -0.39 is 6.10 Å². The zero-order valence-electron chi connectivity index (χ0n) is 40.2. The minimum atomic E-state index is -0.782. The highest BCUT2D eigenvalue weighted by Gasteiger charge is 2.19. The normalized spacial score (nSPS) is 12.5. The summed E-state index contributed by atoms with van der Waals surface area (Å²) in [6.45, 7) is 6.49. The van der Waals surface area contributed by atoms with Crippen molar-refractivity contribution in [3.8, 4) is 0 Å². The van der Waals surface area contributed by atoms with Crippen LogP contribution in [-0.4, -0.2) is 37.2 Å². The van der Waals surface area contributed by atoms with E-state index in [2.05, 4.69) is 81.5 Å². The number of unbranched alkanes of at least 4 members (excludes halogenated alkanes) is 25. The molecule has 0 amide bonds. The molecule has 6 nitrogen and oxygen atoms in total. The van der Waals surface area contributed by atoms with Gasteiger partial charge in [-0.3, -0.25) is 14.4 Å². The molecule has 352 valence electrons. The van der Waals surface area contributed by atoms with Crippen LogP contribution in [0, 0.1) is 0 Å². The number of allylic oxidation sites excluding steroid dienone is 10. The highest BCUT2D eigenvalue weighted by molar-refractivity contribution is 5.71. The first-order valence-corrected chi connectivity index (χ1v) is 25.8. The lowest BCUT2D eigenvalue weighted by Gasteiger charge is -2.18. The van der Waals surface area contributed by atoms with Gasteiger partial charge in [0.2, 0.25) is 0 Å². The lowest BCUT2D eigenvalue weighted by Crippen LogP contribution is -2.30. The second-order valence-electron chi connectivity index (χ2n) is 17.1. The first kappa shape index (κ1) is 58.1. The molecule has 0 aromatic heterocycles. The van der Waals surface area contributed by atoms with Crippen LogP contribution < -0.4 is 0 Å². The summed E-state index contributed by atoms with van der Waals surface area (Å²) >= 11 is 0. The van der Waals surface area contributed by atoms with E-state index in [-0.39, 0.29) is 31.1 Å². The molecule has 0 unspecified atom stereocenters. The Kier molecular flexibility index (Phi) is 47.4. The molecule has 0 aromatic carbocycles. The summed E-state index contributed by atoms with van der Waals surface area (Å²) in [5.41, 5.74) is 0. The Morgan fingerprint density at radius 3 is 1.00 bits per heavy atom. The average molecular weight is 853 g/mol. The fourth-order valence-electron chi connectivity index (χ4n) is 7.17. The summed E-state index contributed by atoms with van der Waals surface area (Å²) in [7, 11) is 0. The van der Waals surface area contributed by atoms with Crippen LogP contribution in [0.2, 0.25) is 0 Å². The molecule has 0 saturated carbocycles. The molecule has 0 bridgehead atoms. The van der Waals surface area contributed by atoms with E-state index in [0.717, 1.165) is 96.3 Å². The van der Waals surface area contributed by atoms with E-state index in [0.29, 0.717) is 19.3 Å². The molecular formula is C55H96O6. The second-order valence-corrected chi connectivity index (χ2v) is 17.1. The zero-order valence-corrected chi connectivity index (χ0v) is 40.2. The highest BCUT2D eigenvalue weighted by Crippen LogP contribution is 2.15. The summed E-state index contributed by atoms with van der Waals surface area (Å²) < 4.78 is 16.7. The molecule has 6 heteroatoms. The van der Waals surface area contributed by atoms with E-state index in [4.69, 9.17) is 14.2 Å². The van der Waals surface area contributed by atoms with Crippen LogP contribution in [0.4, 0.5) is 0 Å². The number of hydrogen-bond donors (Lipinski definition) is 0. The summed E-state index contributed by atoms with van der Waals surface area (Å²) in [5, 5.41) is 0. The van der Waals surface area contributed by atoms with Gasteiger partial charge >= 0.3 is 17.9 Å². The molecule has 0 saturated heterocycles. The Morgan fingerprint density at radius 1 is 0.344 bits per heavy atom. The summed E-state index contributed by atoms with van der Waals surface area (Å²) in [6, 6.07) is 0. The van der Waals surface area contributed by atoms with E-state index in [1.54, 1.807) is 0 Å². The molecule has 0 rings (SSSR count). The molecular weight excluding hydrogens is 757 g/mol. The SMILES string of the molecule is CC/C=C\C/C=C\C/C=C\C/C=C\C/C=C\CCCCCC(=O)OC[C@H](COC(=O)CCCCCCCCCCC)OC(=O)CCCCCCCCCCCCCCCCC. The summed E-state index contributed by atoms with van der Waals surface area (Å²) in [4.78, 5) is 37.9. The zero-order chi connectivity index (χ0) is 44.4. The number of carbonyl (C=O) groups excluding carboxylic acids is 3. The van der Waals surface area contributed by atoms with Gasteiger partial charge in [0.25, 0.3) is 0 Å². The van der Waals surface area contributed by atoms with Crippen molar-refractivity contribution in [3.05, 3.63) is 60.8 Å². The van der Waals surface area contributed by atoms with Gasteiger partial charge in [0.1, 0.15) is 13.2 Å². The van der Waals surface area contributed by atoms with E-state index in [1.807, 2.05) is 0 Å². The standard InChI is InChI=1S/C55H96O6/c1-4-7-10-13-16-19-21-23-25-26-27-28-30-31-33-36-39-42-45-48-54(57)60-51-52(50-59-53(56)47-44-41-38-35-18-15-12-9-6-3)61-55(58)49-46-43-40-37-34-32-29-24-22-20-17-14-11-8-5-2/h7,10,16,19,23,25,27-28,31,33,52H,4-6,8-9,11-15,17-18,20-22,24,26,29-30,32,34-51H2,1-3H3/b10-7-,19-16-,25-23-,28-27-,33-31-/t52-/m0/s1. The van der Waals surface area contributed by atoms with Gasteiger partial charge in [-0.1, -0.05) is 229 Å². The Labute approximate surface area is 377 Å². The van der Waals surface area contributed by atoms with E-state index in [1.165, 1.54) is 116 Å². The largest absolute Gasteiger partial charge is 0.462 e. The van der Waals surface area contributed by atoms with E-state index in [9.17, 15) is 14.4 Å². The Bertz CT molecular complexity index is 1120. The van der Waals surface area contributed by atoms with Crippen LogP contribution in [0.15, 0.2) is 60.8 Å². The Hall–Kier alpha value is -2.89. The van der Waals surface area contributed by atoms with Crippen molar-refractivity contribution in [3.63, 3.8) is 0 Å². The first-order chi connectivity index (χ1) is 30.0. The lowest BCUT2D eigenvalue weighted by atomic mass is 10.0. The summed E-state index contributed by atoms with van der Waals surface area (Å²) in [6.07, 6.45) is 60.6. The molecule has 0 spiro atoms. The second kappa shape index (κ2) is 49.8. The van der Waals surface area contributed by atoms with Crippen molar-refractivity contribution in [2.24, 2.45) is 0 Å². The van der Waals surface area contributed by atoms with Gasteiger partial charge in [0, 0.05) is 19.3 Å². The van der Waals surface area contributed by atoms with Crippen LogP contribution in [0.3, 0.4) is 0 Å². The molecule has 0 radical (unpaired) electrons. The molecule has 0 N–H and O–H groups in total. The van der Waals surface area contributed by atoms with Gasteiger partial charge < -0.3 is 14.2 Å². The summed E-state index contributed by atoms with van der Waals surface area (Å²) in [5.74, 6) is -0.912. The van der Waals surface area contributed by atoms with Crippen molar-refractivity contribution in [1.29, 1.82) is 0 Å². The third kappa shape index (κ3) is 48.0. The number of esters is 3. The average Bonchev–Trinajstić information content (AvgIpc) is 3.26. The molecule has 0 aliphatic rings. The highest BCUT2D eigenvalue weighted by atomic mass is 16.6. The van der Waals surface area contributed by atoms with Crippen LogP contribution in [0.1, 0.15) is 252 Å². The molecule has 61 heavy (non-hydrogen) atoms. The third-order valence-corrected chi connectivity index (χ3v) is 11.0. The van der Waals surface area contributed by atoms with Gasteiger partial charge in [-0.15, -0.1) is 0 Å². The Morgan fingerprint density at radius 2 is 0.639 bits per heavy atom. The van der Waals surface area contributed by atoms with Gasteiger partial charge in [-0.25, -0.2) is 0 Å². The number of hydrogen-bond acceptors (Lipinski definition) is 6. The first-order valence-electron chi connectivity index (χ1n) is 25.8. The van der Waals surface area contributed by atoms with Crippen molar-refractivity contribution in [2.45, 2.75) is 258 Å². The maximum Gasteiger partial charge on any atom is 0.306 e. The van der Waals surface area contributed by atoms with Crippen molar-refractivity contribution < 1.29 is 28.6 Å². The van der Waals surface area contributed by atoms with Crippen molar-refractivity contribution in [1.82, 2.24) is 0 Å². The Balaban J connectivity index is 4.37. The molecule has 0 fully saturated rings. The fourth-order valence-corrected chi connectivity index (χ4v) is 7.17. The molecule has 0 aliphatic carbocycles. The van der Waals surface area contributed by atoms with E-state index >= 15 is 0 Å². The fraction of sp³-hybridized carbons (Fsp3) is 0.764. The third-order valence-electron chi connectivity index (χ3n) is 11.0. The number of rotatable bonds is 46. The monoisotopic (exact) mass is 853 g/mol. The van der Waals surface area contributed by atoms with Crippen LogP contribution in [-0.2, 0) is 28.6 Å². The van der Waals surface area contributed by atoms with Crippen LogP contribution in [0.5, 0.6) is 0 Å². The minimum Gasteiger partial charge on any atom is -0.462 e. The molecule has 0 aliphatic heterocycles. The lowest BCUT2D eigenvalue weighted by molar-refractivity contribution is -0.167. The van der Waals surface area contributed by atoms with Gasteiger partial charge in [0.05, 0.1) is 0 Å². The topological polar surface area (TPSA) is 78.9 Å². The van der Waals surface area contributed by atoms with Gasteiger partial charge in [0.15, 0.2) is 6.10 Å². The molecule has 0 aromatic rings. The van der Waals surface area contributed by atoms with Crippen molar-refractivity contribution >= 4 is 17.9 Å². The van der Waals surface area contributed by atoms with Gasteiger partial charge in [-0.05, 0) is 64.2 Å². The quantitative estimate of drug-likeness (QED) is 0.0263.